The van der Waals surface area contributed by atoms with Crippen molar-refractivity contribution in [3.05, 3.63) is 53.5 Å². The minimum absolute atomic E-state index is 0.312. The van der Waals surface area contributed by atoms with Gasteiger partial charge in [-0.3, -0.25) is 0 Å². The molecule has 1 atom stereocenters. The van der Waals surface area contributed by atoms with Gasteiger partial charge in [0.2, 0.25) is 0 Å². The van der Waals surface area contributed by atoms with Crippen LogP contribution in [0.5, 0.6) is 0 Å². The van der Waals surface area contributed by atoms with E-state index in [0.29, 0.717) is 0 Å². The molecule has 1 aliphatic rings. The van der Waals surface area contributed by atoms with Gasteiger partial charge < -0.3 is 4.67 Å². The van der Waals surface area contributed by atoms with Crippen LogP contribution in [-0.2, 0) is 0 Å². The van der Waals surface area contributed by atoms with Gasteiger partial charge in [0, 0.05) is 26.1 Å². The van der Waals surface area contributed by atoms with E-state index in [2.05, 4.69) is 68.0 Å². The van der Waals surface area contributed by atoms with Gasteiger partial charge in [-0.15, -0.1) is 0 Å². The summed E-state index contributed by atoms with van der Waals surface area (Å²) in [6, 6.07) is 10.9. The third-order valence-corrected chi connectivity index (χ3v) is 5.54. The molecule has 0 amide bonds. The normalized spacial score (nSPS) is 19.5. The molecule has 0 radical (unpaired) electrons. The van der Waals surface area contributed by atoms with Crippen LogP contribution in [0.4, 0.5) is 0 Å². The van der Waals surface area contributed by atoms with Crippen LogP contribution in [-0.4, -0.2) is 11.2 Å². The van der Waals surface area contributed by atoms with Crippen LogP contribution in [0.3, 0.4) is 0 Å². The molecule has 1 aromatic rings. The maximum atomic E-state index is 2.55. The molecule has 0 saturated carbocycles. The molecule has 1 unspecified atom stereocenters. The Labute approximate surface area is 112 Å². The average Bonchev–Trinajstić information content (AvgIpc) is 2.36. The molecule has 0 saturated heterocycles. The van der Waals surface area contributed by atoms with E-state index in [4.69, 9.17) is 0 Å². The third-order valence-electron chi connectivity index (χ3n) is 3.12. The molecule has 1 heterocycles. The lowest BCUT2D eigenvalue weighted by atomic mass is 10.3. The van der Waals surface area contributed by atoms with Crippen LogP contribution in [0.2, 0.25) is 0 Å². The molecular weight excluding hydrogens is 237 g/mol. The number of hydrogen-bond donors (Lipinski definition) is 0. The first-order valence-electron chi connectivity index (χ1n) is 6.71. The number of unbranched alkanes of at least 4 members (excludes halogenated alkanes) is 1. The largest absolute Gasteiger partial charge is 0.349 e. The second-order valence-corrected chi connectivity index (χ2v) is 7.18. The number of rotatable bonds is 4. The molecular formula is C16H22NP. The predicted molar refractivity (Wildman–Crippen MR) is 82.1 cm³/mol. The summed E-state index contributed by atoms with van der Waals surface area (Å²) in [7, 11) is -0.312. The zero-order valence-electron chi connectivity index (χ0n) is 11.6. The minimum atomic E-state index is -0.312. The van der Waals surface area contributed by atoms with Crippen molar-refractivity contribution >= 4 is 13.4 Å². The smallest absolute Gasteiger partial charge is 0.0500 e. The van der Waals surface area contributed by atoms with Crippen molar-refractivity contribution in [1.82, 2.24) is 4.67 Å². The maximum absolute atomic E-state index is 2.55. The van der Waals surface area contributed by atoms with Crippen LogP contribution in [0.25, 0.3) is 0 Å². The van der Waals surface area contributed by atoms with Crippen LogP contribution < -0.4 is 5.30 Å². The number of benzene rings is 1. The predicted octanol–water partition coefficient (Wildman–Crippen LogP) is 4.63. The minimum Gasteiger partial charge on any atom is -0.349 e. The SMILES string of the molecule is CCCCN1C=C(C)C=C(C)P1c1ccccc1. The summed E-state index contributed by atoms with van der Waals surface area (Å²) < 4.78 is 2.55. The summed E-state index contributed by atoms with van der Waals surface area (Å²) in [6.45, 7) is 7.89. The fourth-order valence-electron chi connectivity index (χ4n) is 2.33. The third kappa shape index (κ3) is 3.03. The highest BCUT2D eigenvalue weighted by molar-refractivity contribution is 7.67. The molecule has 1 aromatic carbocycles. The van der Waals surface area contributed by atoms with Gasteiger partial charge in [-0.05, 0) is 31.2 Å². The number of hydrogen-bond acceptors (Lipinski definition) is 1. The Hall–Kier alpha value is -1.07. The molecule has 0 aliphatic carbocycles. The Kier molecular flexibility index (Phi) is 4.60. The lowest BCUT2D eigenvalue weighted by molar-refractivity contribution is 0.563. The Morgan fingerprint density at radius 1 is 1.11 bits per heavy atom. The summed E-state index contributed by atoms with van der Waals surface area (Å²) in [4.78, 5) is 0. The second-order valence-electron chi connectivity index (χ2n) is 4.82. The first-order valence-corrected chi connectivity index (χ1v) is 8.00. The summed E-state index contributed by atoms with van der Waals surface area (Å²) in [6.07, 6.45) is 7.19. The summed E-state index contributed by atoms with van der Waals surface area (Å²) in [5.41, 5.74) is 1.37. The van der Waals surface area contributed by atoms with Crippen molar-refractivity contribution in [2.24, 2.45) is 0 Å². The van der Waals surface area contributed by atoms with Crippen LogP contribution >= 0.6 is 8.07 Å². The van der Waals surface area contributed by atoms with Gasteiger partial charge in [0.25, 0.3) is 0 Å². The zero-order chi connectivity index (χ0) is 13.0. The van der Waals surface area contributed by atoms with Crippen molar-refractivity contribution in [2.75, 3.05) is 6.54 Å². The van der Waals surface area contributed by atoms with Gasteiger partial charge in [0.05, 0.1) is 0 Å². The van der Waals surface area contributed by atoms with Gasteiger partial charge in [-0.2, -0.15) is 0 Å². The lowest BCUT2D eigenvalue weighted by Crippen LogP contribution is -2.22. The van der Waals surface area contributed by atoms with E-state index >= 15 is 0 Å². The average molecular weight is 259 g/mol. The van der Waals surface area contributed by atoms with Crippen molar-refractivity contribution in [1.29, 1.82) is 0 Å². The lowest BCUT2D eigenvalue weighted by Gasteiger charge is -2.35. The standard InChI is InChI=1S/C16H22NP/c1-4-5-11-17-13-14(2)12-15(3)18(17)16-9-7-6-8-10-16/h6-10,12-13H,4-5,11H2,1-3H3. The van der Waals surface area contributed by atoms with Gasteiger partial charge in [-0.25, -0.2) is 0 Å². The maximum Gasteiger partial charge on any atom is 0.0500 e. The van der Waals surface area contributed by atoms with Gasteiger partial charge >= 0.3 is 0 Å². The Morgan fingerprint density at radius 3 is 2.50 bits per heavy atom. The molecule has 0 aromatic heterocycles. The summed E-state index contributed by atoms with van der Waals surface area (Å²) in [5, 5.41) is 2.97. The van der Waals surface area contributed by atoms with E-state index < -0.39 is 0 Å². The quantitative estimate of drug-likeness (QED) is 0.712. The van der Waals surface area contributed by atoms with E-state index in [1.165, 1.54) is 35.6 Å². The second kappa shape index (κ2) is 6.20. The molecule has 0 N–H and O–H groups in total. The molecule has 1 aliphatic heterocycles. The molecule has 0 spiro atoms. The molecule has 18 heavy (non-hydrogen) atoms. The fourth-order valence-corrected chi connectivity index (χ4v) is 4.86. The Balaban J connectivity index is 2.27. The van der Waals surface area contributed by atoms with Crippen molar-refractivity contribution in [3.8, 4) is 0 Å². The molecule has 1 nitrogen and oxygen atoms in total. The Bertz CT molecular complexity index is 447. The summed E-state index contributed by atoms with van der Waals surface area (Å²) in [5.74, 6) is 0. The fraction of sp³-hybridized carbons (Fsp3) is 0.375. The van der Waals surface area contributed by atoms with E-state index in [-0.39, 0.29) is 8.07 Å². The topological polar surface area (TPSA) is 3.24 Å². The van der Waals surface area contributed by atoms with Gasteiger partial charge in [-0.1, -0.05) is 49.8 Å². The van der Waals surface area contributed by atoms with Crippen molar-refractivity contribution in [2.45, 2.75) is 33.6 Å². The number of allylic oxidation sites excluding steroid dienone is 3. The van der Waals surface area contributed by atoms with Crippen LogP contribution in [0.1, 0.15) is 33.6 Å². The van der Waals surface area contributed by atoms with Gasteiger partial charge in [0.1, 0.15) is 0 Å². The van der Waals surface area contributed by atoms with Crippen molar-refractivity contribution in [3.63, 3.8) is 0 Å². The molecule has 0 bridgehead atoms. The molecule has 2 rings (SSSR count). The van der Waals surface area contributed by atoms with E-state index in [9.17, 15) is 0 Å². The number of nitrogens with zero attached hydrogens (tertiary/aromatic N) is 1. The van der Waals surface area contributed by atoms with E-state index in [1.54, 1.807) is 0 Å². The van der Waals surface area contributed by atoms with E-state index in [1.807, 2.05) is 0 Å². The highest BCUT2D eigenvalue weighted by Crippen LogP contribution is 2.50. The van der Waals surface area contributed by atoms with Crippen LogP contribution in [0, 0.1) is 0 Å². The monoisotopic (exact) mass is 259 g/mol. The molecule has 0 fully saturated rings. The van der Waals surface area contributed by atoms with Crippen molar-refractivity contribution < 1.29 is 0 Å². The molecule has 96 valence electrons. The van der Waals surface area contributed by atoms with E-state index in [0.717, 1.165) is 0 Å². The summed E-state index contributed by atoms with van der Waals surface area (Å²) >= 11 is 0. The first kappa shape index (κ1) is 13.4. The highest BCUT2D eigenvalue weighted by Gasteiger charge is 2.22. The molecule has 2 heteroatoms. The first-order chi connectivity index (χ1) is 8.72. The Morgan fingerprint density at radius 2 is 1.83 bits per heavy atom. The van der Waals surface area contributed by atoms with Gasteiger partial charge in [0.15, 0.2) is 0 Å². The van der Waals surface area contributed by atoms with Crippen LogP contribution in [0.15, 0.2) is 53.5 Å². The zero-order valence-corrected chi connectivity index (χ0v) is 12.5. The highest BCUT2D eigenvalue weighted by atomic mass is 31.1.